The molecule has 0 bridgehead atoms. The summed E-state index contributed by atoms with van der Waals surface area (Å²) in [6, 6.07) is 19.1. The van der Waals surface area contributed by atoms with Gasteiger partial charge in [-0.15, -0.1) is 11.3 Å². The van der Waals surface area contributed by atoms with Crippen molar-refractivity contribution in [2.75, 3.05) is 5.32 Å². The Kier molecular flexibility index (Phi) is 4.58. The van der Waals surface area contributed by atoms with E-state index >= 15 is 0 Å². The maximum atomic E-state index is 12.3. The van der Waals surface area contributed by atoms with E-state index in [1.807, 2.05) is 36.4 Å². The lowest BCUT2D eigenvalue weighted by molar-refractivity contribution is -0.384. The van der Waals surface area contributed by atoms with Gasteiger partial charge in [0.25, 0.3) is 11.6 Å². The number of carbonyl (C=O) groups is 1. The van der Waals surface area contributed by atoms with E-state index in [9.17, 15) is 14.9 Å². The number of thiazole rings is 1. The molecule has 1 amide bonds. The van der Waals surface area contributed by atoms with Crippen LogP contribution in [0.3, 0.4) is 0 Å². The molecule has 0 unspecified atom stereocenters. The van der Waals surface area contributed by atoms with E-state index in [4.69, 9.17) is 0 Å². The minimum absolute atomic E-state index is 0.0491. The standard InChI is InChI=1S/C21H15N3O3S/c1-13-2-11-18-19(12-13)28-21(23-18)15-3-7-16(8-4-15)22-20(25)14-5-9-17(10-6-14)24(26)27/h2-12H,1H3,(H,22,25). The third kappa shape index (κ3) is 3.60. The molecule has 0 aliphatic carbocycles. The first-order valence-corrected chi connectivity index (χ1v) is 9.35. The highest BCUT2D eigenvalue weighted by atomic mass is 32.1. The normalized spacial score (nSPS) is 10.8. The van der Waals surface area contributed by atoms with E-state index in [-0.39, 0.29) is 11.6 Å². The van der Waals surface area contributed by atoms with Crippen LogP contribution >= 0.6 is 11.3 Å². The number of aryl methyl sites for hydroxylation is 1. The van der Waals surface area contributed by atoms with Gasteiger partial charge in [0, 0.05) is 28.9 Å². The van der Waals surface area contributed by atoms with Crippen molar-refractivity contribution in [2.24, 2.45) is 0 Å². The topological polar surface area (TPSA) is 85.1 Å². The van der Waals surface area contributed by atoms with E-state index < -0.39 is 4.92 Å². The maximum absolute atomic E-state index is 12.3. The SMILES string of the molecule is Cc1ccc2nc(-c3ccc(NC(=O)c4ccc([N+](=O)[O-])cc4)cc3)sc2c1. The second-order valence-electron chi connectivity index (χ2n) is 6.33. The molecule has 7 heteroatoms. The molecule has 0 aliphatic heterocycles. The molecule has 0 atom stereocenters. The molecule has 1 aromatic heterocycles. The van der Waals surface area contributed by atoms with Crippen molar-refractivity contribution in [1.82, 2.24) is 4.98 Å². The fourth-order valence-electron chi connectivity index (χ4n) is 2.79. The number of hydrogen-bond donors (Lipinski definition) is 1. The molecule has 28 heavy (non-hydrogen) atoms. The Morgan fingerprint density at radius 1 is 1.04 bits per heavy atom. The van der Waals surface area contributed by atoms with Gasteiger partial charge in [0.05, 0.1) is 15.1 Å². The summed E-state index contributed by atoms with van der Waals surface area (Å²) >= 11 is 1.63. The summed E-state index contributed by atoms with van der Waals surface area (Å²) in [5, 5.41) is 14.4. The predicted octanol–water partition coefficient (Wildman–Crippen LogP) is 5.43. The van der Waals surface area contributed by atoms with Crippen LogP contribution < -0.4 is 5.32 Å². The number of non-ortho nitro benzene ring substituents is 1. The first kappa shape index (κ1) is 17.8. The van der Waals surface area contributed by atoms with Crippen LogP contribution in [0.2, 0.25) is 0 Å². The summed E-state index contributed by atoms with van der Waals surface area (Å²) < 4.78 is 1.14. The van der Waals surface area contributed by atoms with Crippen LogP contribution in [0.5, 0.6) is 0 Å². The third-order valence-corrected chi connectivity index (χ3v) is 5.34. The second-order valence-corrected chi connectivity index (χ2v) is 7.36. The molecule has 0 spiro atoms. The van der Waals surface area contributed by atoms with Crippen molar-refractivity contribution in [3.05, 3.63) is 88.0 Å². The second kappa shape index (κ2) is 7.21. The summed E-state index contributed by atoms with van der Waals surface area (Å²) in [4.78, 5) is 27.2. The first-order chi connectivity index (χ1) is 13.5. The monoisotopic (exact) mass is 389 g/mol. The Labute approximate surface area is 164 Å². The van der Waals surface area contributed by atoms with Gasteiger partial charge in [-0.25, -0.2) is 4.98 Å². The molecule has 0 saturated heterocycles. The van der Waals surface area contributed by atoms with Crippen LogP contribution in [-0.4, -0.2) is 15.8 Å². The van der Waals surface area contributed by atoms with Gasteiger partial charge in [0.2, 0.25) is 0 Å². The quantitative estimate of drug-likeness (QED) is 0.372. The molecule has 1 heterocycles. The number of benzene rings is 3. The number of nitrogens with one attached hydrogen (secondary N) is 1. The van der Waals surface area contributed by atoms with E-state index in [2.05, 4.69) is 23.3 Å². The number of anilines is 1. The first-order valence-electron chi connectivity index (χ1n) is 8.53. The number of amides is 1. The number of nitrogens with zero attached hydrogens (tertiary/aromatic N) is 2. The van der Waals surface area contributed by atoms with Crippen LogP contribution in [0.4, 0.5) is 11.4 Å². The van der Waals surface area contributed by atoms with Gasteiger partial charge in [-0.1, -0.05) is 6.07 Å². The highest BCUT2D eigenvalue weighted by Crippen LogP contribution is 2.31. The van der Waals surface area contributed by atoms with Gasteiger partial charge in [-0.2, -0.15) is 0 Å². The molecular weight excluding hydrogens is 374 g/mol. The highest BCUT2D eigenvalue weighted by molar-refractivity contribution is 7.21. The van der Waals surface area contributed by atoms with Crippen LogP contribution in [0.1, 0.15) is 15.9 Å². The number of nitro groups is 1. The van der Waals surface area contributed by atoms with Crippen molar-refractivity contribution >= 4 is 38.8 Å². The van der Waals surface area contributed by atoms with Gasteiger partial charge in [0.15, 0.2) is 0 Å². The third-order valence-electron chi connectivity index (χ3n) is 4.27. The number of carbonyl (C=O) groups excluding carboxylic acids is 1. The number of nitro benzene ring substituents is 1. The number of hydrogen-bond acceptors (Lipinski definition) is 5. The summed E-state index contributed by atoms with van der Waals surface area (Å²) in [6.45, 7) is 2.06. The Hall–Kier alpha value is -3.58. The smallest absolute Gasteiger partial charge is 0.269 e. The molecule has 4 aromatic rings. The van der Waals surface area contributed by atoms with E-state index in [0.717, 1.165) is 20.8 Å². The minimum Gasteiger partial charge on any atom is -0.322 e. The van der Waals surface area contributed by atoms with E-state index in [0.29, 0.717) is 11.3 Å². The molecular formula is C21H15N3O3S. The van der Waals surface area contributed by atoms with Crippen molar-refractivity contribution in [3.63, 3.8) is 0 Å². The Morgan fingerprint density at radius 2 is 1.75 bits per heavy atom. The molecule has 6 nitrogen and oxygen atoms in total. The van der Waals surface area contributed by atoms with Gasteiger partial charge in [0.1, 0.15) is 5.01 Å². The zero-order valence-electron chi connectivity index (χ0n) is 14.9. The van der Waals surface area contributed by atoms with Gasteiger partial charge < -0.3 is 5.32 Å². The largest absolute Gasteiger partial charge is 0.322 e. The number of aromatic nitrogens is 1. The zero-order valence-corrected chi connectivity index (χ0v) is 15.7. The lowest BCUT2D eigenvalue weighted by Crippen LogP contribution is -2.11. The molecule has 0 fully saturated rings. The van der Waals surface area contributed by atoms with E-state index in [1.165, 1.54) is 29.8 Å². The predicted molar refractivity (Wildman–Crippen MR) is 111 cm³/mol. The number of fused-ring (bicyclic) bond motifs is 1. The van der Waals surface area contributed by atoms with Gasteiger partial charge >= 0.3 is 0 Å². The molecule has 0 aliphatic rings. The van der Waals surface area contributed by atoms with Gasteiger partial charge in [-0.3, -0.25) is 14.9 Å². The van der Waals surface area contributed by atoms with Crippen LogP contribution in [0.25, 0.3) is 20.8 Å². The molecule has 138 valence electrons. The van der Waals surface area contributed by atoms with Crippen LogP contribution in [-0.2, 0) is 0 Å². The van der Waals surface area contributed by atoms with E-state index in [1.54, 1.807) is 11.3 Å². The van der Waals surface area contributed by atoms with Crippen LogP contribution in [0.15, 0.2) is 66.7 Å². The van der Waals surface area contributed by atoms with Crippen molar-refractivity contribution < 1.29 is 9.72 Å². The fraction of sp³-hybridized carbons (Fsp3) is 0.0476. The molecule has 3 aromatic carbocycles. The Bertz CT molecular complexity index is 1180. The Morgan fingerprint density at radius 3 is 2.43 bits per heavy atom. The lowest BCUT2D eigenvalue weighted by Gasteiger charge is -2.06. The minimum atomic E-state index is -0.496. The van der Waals surface area contributed by atoms with Crippen LogP contribution in [0, 0.1) is 17.0 Å². The maximum Gasteiger partial charge on any atom is 0.269 e. The zero-order chi connectivity index (χ0) is 19.7. The van der Waals surface area contributed by atoms with Crippen molar-refractivity contribution in [3.8, 4) is 10.6 Å². The average Bonchev–Trinajstić information content (AvgIpc) is 3.11. The van der Waals surface area contributed by atoms with Crippen molar-refractivity contribution in [1.29, 1.82) is 0 Å². The summed E-state index contributed by atoms with van der Waals surface area (Å²) in [5.41, 5.74) is 4.10. The Balaban J connectivity index is 1.50. The fourth-order valence-corrected chi connectivity index (χ4v) is 3.86. The molecule has 0 radical (unpaired) electrons. The summed E-state index contributed by atoms with van der Waals surface area (Å²) in [7, 11) is 0. The molecule has 4 rings (SSSR count). The van der Waals surface area contributed by atoms with Crippen molar-refractivity contribution in [2.45, 2.75) is 6.92 Å². The number of rotatable bonds is 4. The van der Waals surface area contributed by atoms with Gasteiger partial charge in [-0.05, 0) is 61.0 Å². The molecule has 0 saturated carbocycles. The highest BCUT2D eigenvalue weighted by Gasteiger charge is 2.11. The summed E-state index contributed by atoms with van der Waals surface area (Å²) in [5.74, 6) is -0.321. The molecule has 1 N–H and O–H groups in total. The lowest BCUT2D eigenvalue weighted by atomic mass is 10.1. The summed E-state index contributed by atoms with van der Waals surface area (Å²) in [6.07, 6.45) is 0. The average molecular weight is 389 g/mol.